The Kier molecular flexibility index (Phi) is 6.12. The van der Waals surface area contributed by atoms with E-state index in [0.29, 0.717) is 23.2 Å². The first kappa shape index (κ1) is 17.1. The third-order valence-corrected chi connectivity index (χ3v) is 4.41. The van der Waals surface area contributed by atoms with Gasteiger partial charge in [0.05, 0.1) is 28.5 Å². The van der Waals surface area contributed by atoms with Gasteiger partial charge in [0.25, 0.3) is 0 Å². The van der Waals surface area contributed by atoms with E-state index in [1.807, 2.05) is 18.3 Å². The lowest BCUT2D eigenvalue weighted by Gasteiger charge is -2.23. The van der Waals surface area contributed by atoms with E-state index < -0.39 is 0 Å². The number of aromatic nitrogens is 1. The van der Waals surface area contributed by atoms with Crippen molar-refractivity contribution in [2.45, 2.75) is 13.8 Å². The smallest absolute Gasteiger partial charge is 0.136 e. The molecular formula is C16H21Cl2N3O. The van der Waals surface area contributed by atoms with Crippen LogP contribution in [0.5, 0.6) is 0 Å². The van der Waals surface area contributed by atoms with Crippen molar-refractivity contribution in [3.05, 3.63) is 28.4 Å². The summed E-state index contributed by atoms with van der Waals surface area (Å²) in [6, 6.07) is 3.80. The van der Waals surface area contributed by atoms with Crippen LogP contribution in [0.4, 0.5) is 11.5 Å². The van der Waals surface area contributed by atoms with Gasteiger partial charge in [0.15, 0.2) is 0 Å². The van der Waals surface area contributed by atoms with Crippen LogP contribution in [0, 0.1) is 0 Å². The number of methoxy groups -OCH3 is 1. The molecule has 0 spiro atoms. The van der Waals surface area contributed by atoms with E-state index in [1.165, 1.54) is 0 Å². The van der Waals surface area contributed by atoms with Crippen molar-refractivity contribution < 1.29 is 4.74 Å². The first-order chi connectivity index (χ1) is 10.6. The minimum absolute atomic E-state index is 0.542. The summed E-state index contributed by atoms with van der Waals surface area (Å²) < 4.78 is 5.08. The summed E-state index contributed by atoms with van der Waals surface area (Å²) in [5.41, 5.74) is 0.871. The van der Waals surface area contributed by atoms with E-state index in [-0.39, 0.29) is 0 Å². The molecule has 1 aromatic heterocycles. The Balaban J connectivity index is 2.58. The van der Waals surface area contributed by atoms with Crippen molar-refractivity contribution in [3.63, 3.8) is 0 Å². The molecule has 0 unspecified atom stereocenters. The van der Waals surface area contributed by atoms with E-state index in [4.69, 9.17) is 27.9 Å². The topological polar surface area (TPSA) is 37.4 Å². The summed E-state index contributed by atoms with van der Waals surface area (Å²) in [5, 5.41) is 6.31. The second kappa shape index (κ2) is 7.86. The molecule has 0 aliphatic carbocycles. The average molecular weight is 342 g/mol. The summed E-state index contributed by atoms with van der Waals surface area (Å²) in [6.45, 7) is 7.28. The van der Waals surface area contributed by atoms with Crippen molar-refractivity contribution in [2.75, 3.05) is 43.6 Å². The van der Waals surface area contributed by atoms with Gasteiger partial charge in [-0.15, -0.1) is 0 Å². The van der Waals surface area contributed by atoms with Crippen molar-refractivity contribution in [1.29, 1.82) is 0 Å². The average Bonchev–Trinajstić information content (AvgIpc) is 2.53. The van der Waals surface area contributed by atoms with Gasteiger partial charge in [-0.3, -0.25) is 0 Å². The highest BCUT2D eigenvalue weighted by molar-refractivity contribution is 6.46. The Morgan fingerprint density at radius 2 is 1.95 bits per heavy atom. The standard InChI is InChI=1S/C16H21Cl2N3O/c1-4-21(5-2)16-11-6-7-12(17)15(18)14(11)13(10-20-16)19-8-9-22-3/h6-7,10,19H,4-5,8-9H2,1-3H3. The molecule has 0 saturated heterocycles. The van der Waals surface area contributed by atoms with Gasteiger partial charge in [-0.1, -0.05) is 23.2 Å². The lowest BCUT2D eigenvalue weighted by atomic mass is 10.1. The fourth-order valence-corrected chi connectivity index (χ4v) is 2.88. The molecule has 0 fully saturated rings. The van der Waals surface area contributed by atoms with Crippen molar-refractivity contribution in [1.82, 2.24) is 4.98 Å². The zero-order chi connectivity index (χ0) is 16.1. The molecule has 0 radical (unpaired) electrons. The highest BCUT2D eigenvalue weighted by Crippen LogP contribution is 2.38. The van der Waals surface area contributed by atoms with Crippen molar-refractivity contribution in [3.8, 4) is 0 Å². The molecule has 22 heavy (non-hydrogen) atoms. The van der Waals surface area contributed by atoms with Gasteiger partial charge in [0, 0.05) is 37.5 Å². The molecule has 4 nitrogen and oxygen atoms in total. The minimum Gasteiger partial charge on any atom is -0.383 e. The van der Waals surface area contributed by atoms with Gasteiger partial charge in [0.2, 0.25) is 0 Å². The van der Waals surface area contributed by atoms with Crippen LogP contribution in [-0.4, -0.2) is 38.3 Å². The second-order valence-corrected chi connectivity index (χ2v) is 5.66. The Bertz CT molecular complexity index is 645. The Morgan fingerprint density at radius 3 is 2.59 bits per heavy atom. The number of nitrogens with one attached hydrogen (secondary N) is 1. The molecule has 1 N–H and O–H groups in total. The van der Waals surface area contributed by atoms with Crippen LogP contribution in [0.2, 0.25) is 10.0 Å². The van der Waals surface area contributed by atoms with Crippen LogP contribution < -0.4 is 10.2 Å². The minimum atomic E-state index is 0.542. The molecule has 2 rings (SSSR count). The van der Waals surface area contributed by atoms with Crippen LogP contribution in [0.25, 0.3) is 10.8 Å². The predicted molar refractivity (Wildman–Crippen MR) is 95.7 cm³/mol. The van der Waals surface area contributed by atoms with E-state index >= 15 is 0 Å². The Morgan fingerprint density at radius 1 is 1.23 bits per heavy atom. The van der Waals surface area contributed by atoms with Crippen LogP contribution in [0.15, 0.2) is 18.3 Å². The molecule has 0 saturated carbocycles. The Hall–Kier alpha value is -1.23. The second-order valence-electron chi connectivity index (χ2n) is 4.87. The zero-order valence-corrected chi connectivity index (χ0v) is 14.6. The van der Waals surface area contributed by atoms with Gasteiger partial charge in [-0.2, -0.15) is 0 Å². The first-order valence-electron chi connectivity index (χ1n) is 7.38. The maximum atomic E-state index is 6.46. The predicted octanol–water partition coefficient (Wildman–Crippen LogP) is 4.45. The lowest BCUT2D eigenvalue weighted by molar-refractivity contribution is 0.211. The molecule has 0 aliphatic rings. The largest absolute Gasteiger partial charge is 0.383 e. The monoisotopic (exact) mass is 341 g/mol. The molecule has 2 aromatic rings. The van der Waals surface area contributed by atoms with Crippen molar-refractivity contribution in [2.24, 2.45) is 0 Å². The molecule has 120 valence electrons. The highest BCUT2D eigenvalue weighted by Gasteiger charge is 2.15. The summed E-state index contributed by atoms with van der Waals surface area (Å²) >= 11 is 12.7. The van der Waals surface area contributed by atoms with Crippen LogP contribution in [0.3, 0.4) is 0 Å². The third-order valence-electron chi connectivity index (χ3n) is 3.61. The summed E-state index contributed by atoms with van der Waals surface area (Å²) in [4.78, 5) is 6.82. The van der Waals surface area contributed by atoms with Gasteiger partial charge in [-0.25, -0.2) is 4.98 Å². The Labute approximate surface area is 141 Å². The molecular weight excluding hydrogens is 321 g/mol. The maximum absolute atomic E-state index is 6.46. The number of rotatable bonds is 7. The van der Waals surface area contributed by atoms with Gasteiger partial charge in [-0.05, 0) is 26.0 Å². The summed E-state index contributed by atoms with van der Waals surface area (Å²) in [7, 11) is 1.67. The summed E-state index contributed by atoms with van der Waals surface area (Å²) in [6.07, 6.45) is 1.81. The fourth-order valence-electron chi connectivity index (χ4n) is 2.46. The van der Waals surface area contributed by atoms with Crippen LogP contribution in [0.1, 0.15) is 13.8 Å². The number of ether oxygens (including phenoxy) is 1. The quantitative estimate of drug-likeness (QED) is 0.755. The van der Waals surface area contributed by atoms with Crippen LogP contribution >= 0.6 is 23.2 Å². The van der Waals surface area contributed by atoms with E-state index in [1.54, 1.807) is 7.11 Å². The van der Waals surface area contributed by atoms with Crippen molar-refractivity contribution >= 4 is 45.5 Å². The number of hydrogen-bond donors (Lipinski definition) is 1. The number of nitrogens with zero attached hydrogens (tertiary/aromatic N) is 2. The first-order valence-corrected chi connectivity index (χ1v) is 8.14. The summed E-state index contributed by atoms with van der Waals surface area (Å²) in [5.74, 6) is 0.927. The third kappa shape index (κ3) is 3.40. The maximum Gasteiger partial charge on any atom is 0.136 e. The molecule has 0 atom stereocenters. The van der Waals surface area contributed by atoms with Gasteiger partial charge >= 0.3 is 0 Å². The fraction of sp³-hybridized carbons (Fsp3) is 0.438. The molecule has 0 aliphatic heterocycles. The number of hydrogen-bond acceptors (Lipinski definition) is 4. The number of anilines is 2. The number of benzene rings is 1. The van der Waals surface area contributed by atoms with E-state index in [0.717, 1.165) is 35.4 Å². The molecule has 1 aromatic carbocycles. The molecule has 0 amide bonds. The van der Waals surface area contributed by atoms with E-state index in [2.05, 4.69) is 29.0 Å². The SMILES string of the molecule is CCN(CC)c1ncc(NCCOC)c2c(Cl)c(Cl)ccc12. The van der Waals surface area contributed by atoms with Gasteiger partial charge in [0.1, 0.15) is 5.82 Å². The normalized spacial score (nSPS) is 11.0. The number of halogens is 2. The highest BCUT2D eigenvalue weighted by atomic mass is 35.5. The molecule has 0 bridgehead atoms. The van der Waals surface area contributed by atoms with Crippen LogP contribution in [-0.2, 0) is 4.74 Å². The zero-order valence-electron chi connectivity index (χ0n) is 13.1. The van der Waals surface area contributed by atoms with Gasteiger partial charge < -0.3 is 15.0 Å². The number of fused-ring (bicyclic) bond motifs is 1. The van der Waals surface area contributed by atoms with E-state index in [9.17, 15) is 0 Å². The lowest BCUT2D eigenvalue weighted by Crippen LogP contribution is -2.23. The number of pyridine rings is 1. The molecule has 1 heterocycles. The molecule has 6 heteroatoms.